The summed E-state index contributed by atoms with van der Waals surface area (Å²) < 4.78 is 0. The molecule has 0 atom stereocenters. The van der Waals surface area contributed by atoms with Gasteiger partial charge in [-0.05, 0) is 5.56 Å². The number of aliphatic carboxylic acids is 1. The van der Waals surface area contributed by atoms with Gasteiger partial charge in [0, 0.05) is 18.1 Å². The van der Waals surface area contributed by atoms with Gasteiger partial charge in [-0.25, -0.2) is 4.79 Å². The molecule has 0 saturated heterocycles. The molecule has 4 nitrogen and oxygen atoms in total. The lowest BCUT2D eigenvalue weighted by Gasteiger charge is -2.01. The summed E-state index contributed by atoms with van der Waals surface area (Å²) in [6.45, 7) is 0. The second kappa shape index (κ2) is 4.95. The van der Waals surface area contributed by atoms with Crippen LogP contribution in [0.25, 0.3) is 0 Å². The first-order valence-corrected chi connectivity index (χ1v) is 4.37. The monoisotopic (exact) mass is 205 g/mol. The highest BCUT2D eigenvalue weighted by molar-refractivity contribution is 5.97. The molecule has 0 saturated carbocycles. The van der Waals surface area contributed by atoms with E-state index in [9.17, 15) is 9.59 Å². The van der Waals surface area contributed by atoms with Gasteiger partial charge >= 0.3 is 5.97 Å². The standard InChI is InChI=1S/C11H11NO3/c12-10(13)7-9(11(14)15)6-8-4-2-1-3-5-8/h1-5,7H,6H2,(H2,12,13)(H,14,15). The summed E-state index contributed by atoms with van der Waals surface area (Å²) in [7, 11) is 0. The number of amides is 1. The molecule has 0 heterocycles. The molecule has 4 heteroatoms. The molecule has 0 spiro atoms. The molecule has 0 aliphatic carbocycles. The van der Waals surface area contributed by atoms with Gasteiger partial charge in [0.25, 0.3) is 0 Å². The smallest absolute Gasteiger partial charge is 0.332 e. The minimum absolute atomic E-state index is 0.00583. The van der Waals surface area contributed by atoms with Gasteiger partial charge in [0.15, 0.2) is 0 Å². The van der Waals surface area contributed by atoms with Crippen molar-refractivity contribution in [3.05, 3.63) is 47.5 Å². The summed E-state index contributed by atoms with van der Waals surface area (Å²) in [5.41, 5.74) is 5.73. The lowest BCUT2D eigenvalue weighted by Crippen LogP contribution is -2.12. The van der Waals surface area contributed by atoms with E-state index in [1.54, 1.807) is 24.3 Å². The SMILES string of the molecule is NC(=O)C=C(Cc1ccccc1)C(=O)O. The van der Waals surface area contributed by atoms with Crippen LogP contribution in [0.4, 0.5) is 0 Å². The van der Waals surface area contributed by atoms with Crippen LogP contribution < -0.4 is 5.73 Å². The third-order valence-corrected chi connectivity index (χ3v) is 1.83. The molecule has 0 aliphatic heterocycles. The Morgan fingerprint density at radius 1 is 1.27 bits per heavy atom. The topological polar surface area (TPSA) is 80.4 Å². The fourth-order valence-corrected chi connectivity index (χ4v) is 1.18. The Morgan fingerprint density at radius 3 is 2.33 bits per heavy atom. The second-order valence-corrected chi connectivity index (χ2v) is 3.04. The summed E-state index contributed by atoms with van der Waals surface area (Å²) >= 11 is 0. The van der Waals surface area contributed by atoms with Crippen molar-refractivity contribution in [3.8, 4) is 0 Å². The van der Waals surface area contributed by atoms with E-state index in [0.717, 1.165) is 11.6 Å². The van der Waals surface area contributed by atoms with Crippen molar-refractivity contribution >= 4 is 11.9 Å². The molecule has 0 radical (unpaired) electrons. The quantitative estimate of drug-likeness (QED) is 0.711. The minimum atomic E-state index is -1.13. The fraction of sp³-hybridized carbons (Fsp3) is 0.0909. The van der Waals surface area contributed by atoms with Crippen molar-refractivity contribution in [2.45, 2.75) is 6.42 Å². The number of carbonyl (C=O) groups is 2. The lowest BCUT2D eigenvalue weighted by atomic mass is 10.1. The number of hydrogen-bond acceptors (Lipinski definition) is 2. The van der Waals surface area contributed by atoms with Gasteiger partial charge in [0.05, 0.1) is 0 Å². The van der Waals surface area contributed by atoms with Crippen molar-refractivity contribution in [1.82, 2.24) is 0 Å². The Kier molecular flexibility index (Phi) is 3.62. The van der Waals surface area contributed by atoms with E-state index in [1.807, 2.05) is 6.07 Å². The number of nitrogens with two attached hydrogens (primary N) is 1. The number of rotatable bonds is 4. The van der Waals surface area contributed by atoms with Crippen molar-refractivity contribution in [1.29, 1.82) is 0 Å². The normalized spacial score (nSPS) is 11.1. The summed E-state index contributed by atoms with van der Waals surface area (Å²) in [6.07, 6.45) is 1.13. The van der Waals surface area contributed by atoms with E-state index >= 15 is 0 Å². The zero-order chi connectivity index (χ0) is 11.3. The summed E-state index contributed by atoms with van der Waals surface area (Å²) in [5.74, 6) is -1.87. The maximum atomic E-state index is 10.8. The lowest BCUT2D eigenvalue weighted by molar-refractivity contribution is -0.133. The number of hydrogen-bond donors (Lipinski definition) is 2. The minimum Gasteiger partial charge on any atom is -0.478 e. The predicted octanol–water partition coefficient (Wildman–Crippen LogP) is 0.725. The number of primary amides is 1. The largest absolute Gasteiger partial charge is 0.478 e. The van der Waals surface area contributed by atoms with Gasteiger partial charge in [-0.2, -0.15) is 0 Å². The summed E-state index contributed by atoms with van der Waals surface area (Å²) in [5, 5.41) is 8.81. The predicted molar refractivity (Wildman–Crippen MR) is 55.1 cm³/mol. The van der Waals surface area contributed by atoms with Gasteiger partial charge in [-0.3, -0.25) is 4.79 Å². The Labute approximate surface area is 87.0 Å². The van der Waals surface area contributed by atoms with Crippen molar-refractivity contribution < 1.29 is 14.7 Å². The van der Waals surface area contributed by atoms with E-state index in [4.69, 9.17) is 10.8 Å². The number of carbonyl (C=O) groups excluding carboxylic acids is 1. The molecule has 0 unspecified atom stereocenters. The first-order chi connectivity index (χ1) is 7.09. The molecule has 1 aromatic rings. The first-order valence-electron chi connectivity index (χ1n) is 4.37. The van der Waals surface area contributed by atoms with E-state index in [2.05, 4.69) is 0 Å². The molecule has 0 bridgehead atoms. The third-order valence-electron chi connectivity index (χ3n) is 1.83. The van der Waals surface area contributed by atoms with Gasteiger partial charge in [0.2, 0.25) is 5.91 Å². The van der Waals surface area contributed by atoms with Crippen LogP contribution in [0.3, 0.4) is 0 Å². The zero-order valence-electron chi connectivity index (χ0n) is 8.01. The Balaban J connectivity index is 2.86. The van der Waals surface area contributed by atoms with E-state index in [0.29, 0.717) is 0 Å². The van der Waals surface area contributed by atoms with E-state index in [1.165, 1.54) is 0 Å². The van der Waals surface area contributed by atoms with Crippen molar-refractivity contribution in [2.75, 3.05) is 0 Å². The number of carboxylic acids is 1. The average Bonchev–Trinajstić information content (AvgIpc) is 2.17. The van der Waals surface area contributed by atoms with Crippen LogP contribution in [0, 0.1) is 0 Å². The van der Waals surface area contributed by atoms with E-state index < -0.39 is 11.9 Å². The van der Waals surface area contributed by atoms with Crippen LogP contribution in [-0.4, -0.2) is 17.0 Å². The second-order valence-electron chi connectivity index (χ2n) is 3.04. The van der Waals surface area contributed by atoms with Crippen LogP contribution in [0.15, 0.2) is 42.0 Å². The Hall–Kier alpha value is -2.10. The van der Waals surface area contributed by atoms with Crippen LogP contribution in [0.5, 0.6) is 0 Å². The zero-order valence-corrected chi connectivity index (χ0v) is 8.01. The molecular weight excluding hydrogens is 194 g/mol. The third kappa shape index (κ3) is 3.64. The first kappa shape index (κ1) is 11.0. The molecule has 15 heavy (non-hydrogen) atoms. The highest BCUT2D eigenvalue weighted by atomic mass is 16.4. The van der Waals surface area contributed by atoms with Gasteiger partial charge < -0.3 is 10.8 Å². The molecule has 1 rings (SSSR count). The fourth-order valence-electron chi connectivity index (χ4n) is 1.18. The maximum absolute atomic E-state index is 10.8. The van der Waals surface area contributed by atoms with Gasteiger partial charge in [-0.15, -0.1) is 0 Å². The number of benzene rings is 1. The van der Waals surface area contributed by atoms with Crippen LogP contribution in [0.2, 0.25) is 0 Å². The van der Waals surface area contributed by atoms with Crippen LogP contribution >= 0.6 is 0 Å². The van der Waals surface area contributed by atoms with Gasteiger partial charge in [-0.1, -0.05) is 30.3 Å². The maximum Gasteiger partial charge on any atom is 0.332 e. The van der Waals surface area contributed by atoms with Crippen molar-refractivity contribution in [3.63, 3.8) is 0 Å². The summed E-state index contributed by atoms with van der Waals surface area (Å²) in [6, 6.07) is 9.02. The van der Waals surface area contributed by atoms with E-state index in [-0.39, 0.29) is 12.0 Å². The molecule has 78 valence electrons. The Bertz CT molecular complexity index is 396. The highest BCUT2D eigenvalue weighted by Crippen LogP contribution is 2.07. The molecule has 1 amide bonds. The molecular formula is C11H11NO3. The molecule has 3 N–H and O–H groups in total. The van der Waals surface area contributed by atoms with Gasteiger partial charge in [0.1, 0.15) is 0 Å². The average molecular weight is 205 g/mol. The highest BCUT2D eigenvalue weighted by Gasteiger charge is 2.09. The molecule has 1 aromatic carbocycles. The number of carboxylic acid groups (broad SMARTS) is 1. The van der Waals surface area contributed by atoms with Crippen molar-refractivity contribution in [2.24, 2.45) is 5.73 Å². The summed E-state index contributed by atoms with van der Waals surface area (Å²) in [4.78, 5) is 21.4. The molecule has 0 fully saturated rings. The molecule has 0 aromatic heterocycles. The Morgan fingerprint density at radius 2 is 1.87 bits per heavy atom. The van der Waals surface area contributed by atoms with Crippen LogP contribution in [0.1, 0.15) is 5.56 Å². The molecule has 0 aliphatic rings. The van der Waals surface area contributed by atoms with Crippen LogP contribution in [-0.2, 0) is 16.0 Å².